The van der Waals surface area contributed by atoms with Crippen molar-refractivity contribution in [1.29, 1.82) is 0 Å². The van der Waals surface area contributed by atoms with Gasteiger partial charge in [-0.25, -0.2) is 0 Å². The van der Waals surface area contributed by atoms with Crippen molar-refractivity contribution >= 4 is 5.78 Å². The number of Topliss-reactive ketones (excluding diaryl/α,β-unsaturated/α-hetero) is 1. The van der Waals surface area contributed by atoms with Crippen LogP contribution < -0.4 is 16.8 Å². The Kier molecular flexibility index (Phi) is 15.3. The van der Waals surface area contributed by atoms with Crippen LogP contribution in [-0.2, 0) is 4.79 Å². The summed E-state index contributed by atoms with van der Waals surface area (Å²) >= 11 is 0. The minimum atomic E-state index is 0.287. The van der Waals surface area contributed by atoms with E-state index in [0.29, 0.717) is 12.5 Å². The maximum atomic E-state index is 10.3. The van der Waals surface area contributed by atoms with Gasteiger partial charge in [0.1, 0.15) is 5.78 Å². The highest BCUT2D eigenvalue weighted by Gasteiger charge is 1.95. The molecule has 0 radical (unpaired) electrons. The molecule has 0 saturated heterocycles. The number of rotatable bonds is 7. The van der Waals surface area contributed by atoms with Gasteiger partial charge < -0.3 is 21.6 Å². The molecule has 0 aliphatic carbocycles. The molecule has 0 aliphatic rings. The van der Waals surface area contributed by atoms with Gasteiger partial charge in [-0.2, -0.15) is 0 Å². The Balaban J connectivity index is 0. The molecule has 0 bridgehead atoms. The molecule has 0 aromatic rings. The van der Waals surface area contributed by atoms with Gasteiger partial charge >= 0.3 is 0 Å². The number of hydrogen-bond donors (Lipinski definition) is 3. The molecule has 4 nitrogen and oxygen atoms in total. The number of carbonyl (C=O) groups excluding carboxylic acids is 1. The van der Waals surface area contributed by atoms with E-state index in [-0.39, 0.29) is 5.78 Å². The number of nitrogens with two attached hydrogens (primary N) is 2. The lowest BCUT2D eigenvalue weighted by Gasteiger charge is -1.98. The summed E-state index contributed by atoms with van der Waals surface area (Å²) in [6.45, 7) is 9.08. The zero-order valence-electron chi connectivity index (χ0n) is 10.4. The van der Waals surface area contributed by atoms with Gasteiger partial charge in [0.15, 0.2) is 0 Å². The Bertz CT molecular complexity index is 132. The maximum Gasteiger partial charge on any atom is 0.130 e. The Labute approximate surface area is 93.8 Å². The van der Waals surface area contributed by atoms with E-state index in [0.717, 1.165) is 32.5 Å². The molecule has 0 atom stereocenters. The summed E-state index contributed by atoms with van der Waals surface area (Å²) < 4.78 is 0. The first-order valence-electron chi connectivity index (χ1n) is 5.64. The van der Waals surface area contributed by atoms with Crippen molar-refractivity contribution in [2.45, 2.75) is 33.6 Å². The number of ketones is 1. The average molecular weight is 217 g/mol. The van der Waals surface area contributed by atoms with E-state index in [2.05, 4.69) is 5.32 Å². The molecule has 5 N–H and O–H groups in total. The third-order valence-electron chi connectivity index (χ3n) is 1.57. The topological polar surface area (TPSA) is 81.1 Å². The van der Waals surface area contributed by atoms with Crippen molar-refractivity contribution in [1.82, 2.24) is 5.32 Å². The summed E-state index contributed by atoms with van der Waals surface area (Å²) in [7, 11) is 0. The molecule has 0 aromatic heterocycles. The van der Waals surface area contributed by atoms with Crippen LogP contribution in [0.2, 0.25) is 0 Å². The van der Waals surface area contributed by atoms with Crippen molar-refractivity contribution < 1.29 is 4.79 Å². The monoisotopic (exact) mass is 217 g/mol. The first-order valence-corrected chi connectivity index (χ1v) is 5.64. The summed E-state index contributed by atoms with van der Waals surface area (Å²) in [6, 6.07) is 0. The van der Waals surface area contributed by atoms with Gasteiger partial charge in [-0.05, 0) is 32.4 Å². The summed E-state index contributed by atoms with van der Waals surface area (Å²) in [5, 5.41) is 3.13. The lowest BCUT2D eigenvalue weighted by atomic mass is 10.1. The molecule has 0 fully saturated rings. The van der Waals surface area contributed by atoms with Gasteiger partial charge in [-0.1, -0.05) is 13.8 Å². The smallest absolute Gasteiger partial charge is 0.130 e. The second kappa shape index (κ2) is 13.5. The average Bonchev–Trinajstić information content (AvgIpc) is 2.11. The van der Waals surface area contributed by atoms with E-state index in [1.807, 2.05) is 13.8 Å². The number of nitrogens with one attached hydrogen (secondary N) is 1. The SMILES string of the molecule is CC(=O)CC(C)C.NCCCNCCN. The predicted octanol–water partition coefficient (Wildman–Crippen LogP) is 0.505. The standard InChI is InChI=1S/C6H12O.C5H15N3/c1-5(2)4-6(3)7;6-2-1-4-8-5-3-7/h5H,4H2,1-3H3;8H,1-7H2. The molecule has 0 heterocycles. The second-order valence-electron chi connectivity index (χ2n) is 3.98. The van der Waals surface area contributed by atoms with Crippen LogP contribution in [-0.4, -0.2) is 32.0 Å². The van der Waals surface area contributed by atoms with Gasteiger partial charge in [0.05, 0.1) is 0 Å². The van der Waals surface area contributed by atoms with Crippen molar-refractivity contribution in [2.24, 2.45) is 17.4 Å². The third kappa shape index (κ3) is 24.7. The van der Waals surface area contributed by atoms with Crippen LogP contribution in [0.3, 0.4) is 0 Å². The van der Waals surface area contributed by atoms with Crippen LogP contribution in [0.25, 0.3) is 0 Å². The molecule has 0 aliphatic heterocycles. The first-order chi connectivity index (χ1) is 7.04. The number of carbonyl (C=O) groups is 1. The van der Waals surface area contributed by atoms with E-state index in [4.69, 9.17) is 11.5 Å². The lowest BCUT2D eigenvalue weighted by molar-refractivity contribution is -0.117. The highest BCUT2D eigenvalue weighted by Crippen LogP contribution is 1.97. The Morgan fingerprint density at radius 3 is 2.07 bits per heavy atom. The van der Waals surface area contributed by atoms with Crippen LogP contribution in [0.5, 0.6) is 0 Å². The molecule has 0 unspecified atom stereocenters. The molecule has 15 heavy (non-hydrogen) atoms. The predicted molar refractivity (Wildman–Crippen MR) is 65.7 cm³/mol. The van der Waals surface area contributed by atoms with Crippen LogP contribution in [0.4, 0.5) is 0 Å². The fourth-order valence-corrected chi connectivity index (χ4v) is 1.03. The molecule has 0 rings (SSSR count). The zero-order chi connectivity index (χ0) is 12.1. The quantitative estimate of drug-likeness (QED) is 0.543. The van der Waals surface area contributed by atoms with E-state index in [9.17, 15) is 4.79 Å². The van der Waals surface area contributed by atoms with Gasteiger partial charge in [0.25, 0.3) is 0 Å². The fourth-order valence-electron chi connectivity index (χ4n) is 1.03. The Morgan fingerprint density at radius 2 is 1.80 bits per heavy atom. The highest BCUT2D eigenvalue weighted by molar-refractivity contribution is 5.75. The molecule has 0 saturated carbocycles. The molecule has 0 spiro atoms. The number of hydrogen-bond acceptors (Lipinski definition) is 4. The summed E-state index contributed by atoms with van der Waals surface area (Å²) in [5.41, 5.74) is 10.5. The van der Waals surface area contributed by atoms with Crippen molar-refractivity contribution in [3.8, 4) is 0 Å². The largest absolute Gasteiger partial charge is 0.330 e. The van der Waals surface area contributed by atoms with Crippen LogP contribution in [0.1, 0.15) is 33.6 Å². The minimum absolute atomic E-state index is 0.287. The summed E-state index contributed by atoms with van der Waals surface area (Å²) in [6.07, 6.45) is 1.76. The van der Waals surface area contributed by atoms with Crippen LogP contribution >= 0.6 is 0 Å². The van der Waals surface area contributed by atoms with Crippen molar-refractivity contribution in [3.05, 3.63) is 0 Å². The summed E-state index contributed by atoms with van der Waals surface area (Å²) in [4.78, 5) is 10.3. The Hall–Kier alpha value is -0.450. The molecule has 4 heteroatoms. The normalized spacial score (nSPS) is 9.73. The lowest BCUT2D eigenvalue weighted by Crippen LogP contribution is -2.24. The van der Waals surface area contributed by atoms with E-state index < -0.39 is 0 Å². The highest BCUT2D eigenvalue weighted by atomic mass is 16.1. The molecule has 0 aromatic carbocycles. The minimum Gasteiger partial charge on any atom is -0.330 e. The van der Waals surface area contributed by atoms with Crippen molar-refractivity contribution in [2.75, 3.05) is 26.2 Å². The molecule has 0 amide bonds. The van der Waals surface area contributed by atoms with Gasteiger partial charge in [-0.15, -0.1) is 0 Å². The van der Waals surface area contributed by atoms with Crippen LogP contribution in [0.15, 0.2) is 0 Å². The molecular weight excluding hydrogens is 190 g/mol. The Morgan fingerprint density at radius 1 is 1.20 bits per heavy atom. The third-order valence-corrected chi connectivity index (χ3v) is 1.57. The molecule has 92 valence electrons. The van der Waals surface area contributed by atoms with Crippen molar-refractivity contribution in [3.63, 3.8) is 0 Å². The molecular formula is C11H27N3O. The van der Waals surface area contributed by atoms with E-state index in [1.54, 1.807) is 6.92 Å². The van der Waals surface area contributed by atoms with E-state index >= 15 is 0 Å². The van der Waals surface area contributed by atoms with Crippen LogP contribution in [0, 0.1) is 5.92 Å². The maximum absolute atomic E-state index is 10.3. The zero-order valence-corrected chi connectivity index (χ0v) is 10.4. The first kappa shape index (κ1) is 17.0. The fraction of sp³-hybridized carbons (Fsp3) is 0.909. The van der Waals surface area contributed by atoms with Gasteiger partial charge in [0, 0.05) is 19.5 Å². The van der Waals surface area contributed by atoms with Gasteiger partial charge in [-0.3, -0.25) is 0 Å². The second-order valence-corrected chi connectivity index (χ2v) is 3.98. The van der Waals surface area contributed by atoms with Gasteiger partial charge in [0.2, 0.25) is 0 Å². The summed E-state index contributed by atoms with van der Waals surface area (Å²) in [5.74, 6) is 0.813. The van der Waals surface area contributed by atoms with E-state index in [1.165, 1.54) is 0 Å².